The number of nitrogens with two attached hydrogens (primary N) is 1. The van der Waals surface area contributed by atoms with E-state index in [1.165, 1.54) is 12.3 Å². The number of nitrogens with zero attached hydrogens (tertiary/aromatic N) is 4. The van der Waals surface area contributed by atoms with Gasteiger partial charge in [-0.05, 0) is 43.5 Å². The van der Waals surface area contributed by atoms with Crippen LogP contribution in [-0.4, -0.2) is 31.8 Å². The standard InChI is InChI=1S/C22H20F3N5O2/c1-11-19-16(10-32-11)15-6-17(28-8-18(15)29-20(19)26)21(31)30(14-4-5-14)9-13-3-2-12(7-27-13)22(23,24)25/h2-3,6-8,11,14H,4-5,9-10H2,1H3,(H2,26,29)/t11-/m0/s1. The summed E-state index contributed by atoms with van der Waals surface area (Å²) in [5.74, 6) is 0.0972. The van der Waals surface area contributed by atoms with Crippen LogP contribution >= 0.6 is 0 Å². The van der Waals surface area contributed by atoms with E-state index in [-0.39, 0.29) is 30.3 Å². The molecular weight excluding hydrogens is 423 g/mol. The lowest BCUT2D eigenvalue weighted by Gasteiger charge is -2.22. The van der Waals surface area contributed by atoms with Crippen molar-refractivity contribution in [1.29, 1.82) is 0 Å². The van der Waals surface area contributed by atoms with Gasteiger partial charge in [0, 0.05) is 23.2 Å². The number of anilines is 1. The maximum atomic E-state index is 13.3. The molecule has 1 fully saturated rings. The van der Waals surface area contributed by atoms with Crippen molar-refractivity contribution in [2.45, 2.75) is 51.2 Å². The van der Waals surface area contributed by atoms with Crippen LogP contribution in [0.5, 0.6) is 0 Å². The Morgan fingerprint density at radius 1 is 1.25 bits per heavy atom. The molecule has 0 unspecified atom stereocenters. The molecule has 2 aliphatic rings. The first-order valence-corrected chi connectivity index (χ1v) is 10.2. The van der Waals surface area contributed by atoms with E-state index in [1.54, 1.807) is 11.0 Å². The SMILES string of the molecule is C[C@@H]1OCc2c1c(N)nc1cnc(C(=O)N(Cc3ccc(C(F)(F)F)cn3)C3CC3)cc21. The molecule has 7 nitrogen and oxygen atoms in total. The van der Waals surface area contributed by atoms with E-state index in [1.807, 2.05) is 6.92 Å². The third-order valence-corrected chi connectivity index (χ3v) is 5.89. The van der Waals surface area contributed by atoms with Gasteiger partial charge in [-0.1, -0.05) is 0 Å². The zero-order valence-electron chi connectivity index (χ0n) is 17.2. The van der Waals surface area contributed by atoms with Crippen molar-refractivity contribution in [2.24, 2.45) is 0 Å². The summed E-state index contributed by atoms with van der Waals surface area (Å²) >= 11 is 0. The van der Waals surface area contributed by atoms with E-state index < -0.39 is 11.7 Å². The Morgan fingerprint density at radius 3 is 2.69 bits per heavy atom. The molecule has 1 aliphatic carbocycles. The molecule has 0 spiro atoms. The topological polar surface area (TPSA) is 94.2 Å². The summed E-state index contributed by atoms with van der Waals surface area (Å²) in [5.41, 5.74) is 8.19. The van der Waals surface area contributed by atoms with Gasteiger partial charge in [0.1, 0.15) is 11.5 Å². The summed E-state index contributed by atoms with van der Waals surface area (Å²) in [4.78, 5) is 27.5. The Bertz CT molecular complexity index is 1210. The number of rotatable bonds is 4. The van der Waals surface area contributed by atoms with Crippen LogP contribution in [0.25, 0.3) is 10.9 Å². The second-order valence-corrected chi connectivity index (χ2v) is 8.13. The van der Waals surface area contributed by atoms with Crippen LogP contribution in [0, 0.1) is 0 Å². The van der Waals surface area contributed by atoms with Crippen molar-refractivity contribution in [3.63, 3.8) is 0 Å². The molecule has 0 bridgehead atoms. The minimum absolute atomic E-state index is 0.0164. The van der Waals surface area contributed by atoms with Gasteiger partial charge >= 0.3 is 6.18 Å². The molecule has 32 heavy (non-hydrogen) atoms. The first kappa shape index (κ1) is 20.6. The number of aromatic nitrogens is 3. The molecule has 4 heterocycles. The van der Waals surface area contributed by atoms with Crippen molar-refractivity contribution in [3.05, 3.63) is 58.7 Å². The van der Waals surface area contributed by atoms with Gasteiger partial charge in [0.25, 0.3) is 5.91 Å². The number of fused-ring (bicyclic) bond motifs is 3. The van der Waals surface area contributed by atoms with Gasteiger partial charge in [-0.15, -0.1) is 0 Å². The van der Waals surface area contributed by atoms with Crippen molar-refractivity contribution in [3.8, 4) is 0 Å². The van der Waals surface area contributed by atoms with E-state index in [2.05, 4.69) is 15.0 Å². The highest BCUT2D eigenvalue weighted by Crippen LogP contribution is 2.38. The van der Waals surface area contributed by atoms with Crippen LogP contribution in [0.2, 0.25) is 0 Å². The summed E-state index contributed by atoms with van der Waals surface area (Å²) in [5, 5.41) is 0.764. The molecule has 3 aromatic rings. The second kappa shape index (κ2) is 7.40. The average Bonchev–Trinajstić information content (AvgIpc) is 3.52. The average molecular weight is 443 g/mol. The molecule has 5 rings (SSSR count). The van der Waals surface area contributed by atoms with Crippen LogP contribution in [0.3, 0.4) is 0 Å². The molecular formula is C22H20F3N5O2. The van der Waals surface area contributed by atoms with Crippen LogP contribution in [0.1, 0.15) is 58.7 Å². The predicted molar refractivity (Wildman–Crippen MR) is 109 cm³/mol. The fourth-order valence-electron chi connectivity index (χ4n) is 4.05. The molecule has 10 heteroatoms. The number of amides is 1. The third kappa shape index (κ3) is 3.64. The Hall–Kier alpha value is -3.27. The lowest BCUT2D eigenvalue weighted by atomic mass is 10.0. The zero-order valence-corrected chi connectivity index (χ0v) is 17.2. The molecule has 0 saturated heterocycles. The van der Waals surface area contributed by atoms with E-state index in [4.69, 9.17) is 10.5 Å². The Labute approximate surface area is 181 Å². The van der Waals surface area contributed by atoms with E-state index in [0.29, 0.717) is 23.6 Å². The van der Waals surface area contributed by atoms with Crippen molar-refractivity contribution in [2.75, 3.05) is 5.73 Å². The van der Waals surface area contributed by atoms with Gasteiger partial charge in [-0.25, -0.2) is 9.97 Å². The lowest BCUT2D eigenvalue weighted by Crippen LogP contribution is -2.33. The van der Waals surface area contributed by atoms with E-state index >= 15 is 0 Å². The van der Waals surface area contributed by atoms with Crippen LogP contribution in [0.15, 0.2) is 30.6 Å². The Morgan fingerprint density at radius 2 is 2.03 bits per heavy atom. The highest BCUT2D eigenvalue weighted by atomic mass is 19.4. The minimum atomic E-state index is -4.45. The molecule has 166 valence electrons. The fourth-order valence-corrected chi connectivity index (χ4v) is 4.05. The Balaban J connectivity index is 1.45. The van der Waals surface area contributed by atoms with Gasteiger partial charge in [0.15, 0.2) is 0 Å². The van der Waals surface area contributed by atoms with Gasteiger partial charge < -0.3 is 15.4 Å². The monoisotopic (exact) mass is 443 g/mol. The molecule has 0 radical (unpaired) electrons. The smallest absolute Gasteiger partial charge is 0.383 e. The zero-order chi connectivity index (χ0) is 22.6. The summed E-state index contributed by atoms with van der Waals surface area (Å²) in [6, 6.07) is 3.99. The van der Waals surface area contributed by atoms with Crippen molar-refractivity contribution < 1.29 is 22.7 Å². The van der Waals surface area contributed by atoms with Gasteiger partial charge in [-0.2, -0.15) is 13.2 Å². The first-order chi connectivity index (χ1) is 15.2. The number of carbonyl (C=O) groups is 1. The van der Waals surface area contributed by atoms with Gasteiger partial charge in [0.05, 0.1) is 42.2 Å². The summed E-state index contributed by atoms with van der Waals surface area (Å²) < 4.78 is 44.1. The van der Waals surface area contributed by atoms with Crippen molar-refractivity contribution in [1.82, 2.24) is 19.9 Å². The van der Waals surface area contributed by atoms with Crippen LogP contribution in [-0.2, 0) is 24.1 Å². The third-order valence-electron chi connectivity index (χ3n) is 5.89. The van der Waals surface area contributed by atoms with Gasteiger partial charge in [0.2, 0.25) is 0 Å². The molecule has 1 aliphatic heterocycles. The number of carbonyl (C=O) groups excluding carboxylic acids is 1. The molecule has 3 aromatic heterocycles. The highest BCUT2D eigenvalue weighted by Gasteiger charge is 2.35. The van der Waals surface area contributed by atoms with Crippen molar-refractivity contribution >= 4 is 22.6 Å². The number of hydrogen-bond donors (Lipinski definition) is 1. The summed E-state index contributed by atoms with van der Waals surface area (Å²) in [6.07, 6.45) is -0.658. The van der Waals surface area contributed by atoms with E-state index in [0.717, 1.165) is 41.6 Å². The maximum Gasteiger partial charge on any atom is 0.417 e. The van der Waals surface area contributed by atoms with E-state index in [9.17, 15) is 18.0 Å². The predicted octanol–water partition coefficient (Wildman–Crippen LogP) is 4.02. The Kier molecular flexibility index (Phi) is 4.77. The number of pyridine rings is 3. The largest absolute Gasteiger partial charge is 0.417 e. The number of alkyl halides is 3. The summed E-state index contributed by atoms with van der Waals surface area (Å²) in [7, 11) is 0. The number of ether oxygens (including phenoxy) is 1. The fraction of sp³-hybridized carbons (Fsp3) is 0.364. The minimum Gasteiger partial charge on any atom is -0.383 e. The molecule has 2 N–H and O–H groups in total. The van der Waals surface area contributed by atoms with Gasteiger partial charge in [-0.3, -0.25) is 9.78 Å². The second-order valence-electron chi connectivity index (χ2n) is 8.13. The lowest BCUT2D eigenvalue weighted by molar-refractivity contribution is -0.137. The number of halogens is 3. The first-order valence-electron chi connectivity index (χ1n) is 10.2. The van der Waals surface area contributed by atoms with Crippen LogP contribution < -0.4 is 5.73 Å². The molecule has 1 atom stereocenters. The summed E-state index contributed by atoms with van der Waals surface area (Å²) in [6.45, 7) is 2.38. The maximum absolute atomic E-state index is 13.3. The number of nitrogen functional groups attached to an aromatic ring is 1. The quantitative estimate of drug-likeness (QED) is 0.655. The van der Waals surface area contributed by atoms with Crippen LogP contribution in [0.4, 0.5) is 19.0 Å². The molecule has 1 amide bonds. The molecule has 0 aromatic carbocycles. The molecule has 1 saturated carbocycles. The number of hydrogen-bond acceptors (Lipinski definition) is 6. The normalized spacial score (nSPS) is 18.1. The highest BCUT2D eigenvalue weighted by molar-refractivity contribution is 5.97.